The maximum absolute atomic E-state index is 11.9. The van der Waals surface area contributed by atoms with Crippen LogP contribution in [0.25, 0.3) is 0 Å². The summed E-state index contributed by atoms with van der Waals surface area (Å²) in [5, 5.41) is 8.63. The lowest BCUT2D eigenvalue weighted by Gasteiger charge is -2.14. The van der Waals surface area contributed by atoms with Gasteiger partial charge in [0.15, 0.2) is 0 Å². The topological polar surface area (TPSA) is 75.6 Å². The highest BCUT2D eigenvalue weighted by Gasteiger charge is 2.15. The summed E-state index contributed by atoms with van der Waals surface area (Å²) in [6.45, 7) is 2.04. The second kappa shape index (κ2) is 8.80. The predicted octanol–water partition coefficient (Wildman–Crippen LogP) is 1.05. The molecule has 0 aliphatic heterocycles. The predicted molar refractivity (Wildman–Crippen MR) is 82.2 cm³/mol. The van der Waals surface area contributed by atoms with Crippen molar-refractivity contribution in [3.8, 4) is 11.8 Å². The molecule has 1 aromatic carbocycles. The molecule has 0 saturated heterocycles. The molecule has 0 spiro atoms. The third-order valence-corrected chi connectivity index (χ3v) is 4.38. The highest BCUT2D eigenvalue weighted by atomic mass is 32.2. The number of aliphatic hydroxyl groups is 1. The fourth-order valence-corrected chi connectivity index (χ4v) is 3.08. The van der Waals surface area contributed by atoms with Crippen LogP contribution in [0.3, 0.4) is 0 Å². The number of nitrogens with one attached hydrogen (secondary N) is 1. The van der Waals surface area contributed by atoms with Crippen molar-refractivity contribution < 1.29 is 18.3 Å². The Morgan fingerprint density at radius 3 is 2.57 bits per heavy atom. The van der Waals surface area contributed by atoms with E-state index in [9.17, 15) is 8.42 Å². The summed E-state index contributed by atoms with van der Waals surface area (Å²) in [7, 11) is -1.77. The monoisotopic (exact) mass is 311 g/mol. The van der Waals surface area contributed by atoms with Crippen molar-refractivity contribution >= 4 is 10.0 Å². The zero-order chi connectivity index (χ0) is 15.7. The van der Waals surface area contributed by atoms with E-state index in [2.05, 4.69) is 16.6 Å². The number of rotatable bonds is 7. The van der Waals surface area contributed by atoms with Gasteiger partial charge in [-0.3, -0.25) is 0 Å². The second-order valence-corrected chi connectivity index (χ2v) is 6.46. The van der Waals surface area contributed by atoms with Crippen LogP contribution in [-0.2, 0) is 14.8 Å². The first-order valence-electron chi connectivity index (χ1n) is 6.67. The van der Waals surface area contributed by atoms with Gasteiger partial charge in [-0.1, -0.05) is 24.0 Å². The number of hydrogen-bond acceptors (Lipinski definition) is 4. The average molecular weight is 311 g/mol. The molecule has 2 N–H and O–H groups in total. The molecule has 0 radical (unpaired) electrons. The van der Waals surface area contributed by atoms with Gasteiger partial charge in [0.1, 0.15) is 6.61 Å². The molecule has 0 aliphatic carbocycles. The first-order valence-corrected chi connectivity index (χ1v) is 8.32. The fourth-order valence-electron chi connectivity index (χ4n) is 1.79. The molecule has 1 rings (SSSR count). The van der Waals surface area contributed by atoms with Crippen LogP contribution in [0.5, 0.6) is 0 Å². The van der Waals surface area contributed by atoms with Crippen LogP contribution >= 0.6 is 0 Å². The van der Waals surface area contributed by atoms with E-state index in [1.54, 1.807) is 26.2 Å². The Morgan fingerprint density at radius 1 is 1.33 bits per heavy atom. The lowest BCUT2D eigenvalue weighted by atomic mass is 10.1. The molecule has 1 atom stereocenters. The Hall–Kier alpha value is -1.39. The molecule has 0 aliphatic rings. The van der Waals surface area contributed by atoms with Crippen LogP contribution in [0.15, 0.2) is 24.3 Å². The largest absolute Gasteiger partial charge is 0.385 e. The van der Waals surface area contributed by atoms with Gasteiger partial charge in [-0.15, -0.1) is 0 Å². The fraction of sp³-hybridized carbons (Fsp3) is 0.467. The SMILES string of the molecule is COCCCS(=O)(=O)NC(C)c1ccc(C#CCO)cc1. The molecule has 0 saturated carbocycles. The molecule has 0 aromatic heterocycles. The minimum Gasteiger partial charge on any atom is -0.385 e. The van der Waals surface area contributed by atoms with Gasteiger partial charge < -0.3 is 9.84 Å². The molecular weight excluding hydrogens is 290 g/mol. The number of hydrogen-bond donors (Lipinski definition) is 2. The molecule has 6 heteroatoms. The van der Waals surface area contributed by atoms with E-state index in [-0.39, 0.29) is 18.4 Å². The van der Waals surface area contributed by atoms with Gasteiger partial charge in [0.05, 0.1) is 5.75 Å². The number of benzene rings is 1. The minimum atomic E-state index is -3.32. The molecular formula is C15H21NO4S. The molecule has 0 bridgehead atoms. The Kier molecular flexibility index (Phi) is 7.40. The van der Waals surface area contributed by atoms with Crippen LogP contribution in [0.2, 0.25) is 0 Å². The summed E-state index contributed by atoms with van der Waals surface area (Å²) in [5.41, 5.74) is 1.64. The number of aliphatic hydroxyl groups excluding tert-OH is 1. The van der Waals surface area contributed by atoms with Crippen LogP contribution < -0.4 is 4.72 Å². The molecule has 0 heterocycles. The van der Waals surface area contributed by atoms with E-state index in [4.69, 9.17) is 9.84 Å². The van der Waals surface area contributed by atoms with Crippen molar-refractivity contribution in [3.63, 3.8) is 0 Å². The normalized spacial score (nSPS) is 12.5. The second-order valence-electron chi connectivity index (χ2n) is 4.59. The van der Waals surface area contributed by atoms with Crippen molar-refractivity contribution in [1.29, 1.82) is 0 Å². The molecule has 21 heavy (non-hydrogen) atoms. The Labute approximate surface area is 126 Å². The number of methoxy groups -OCH3 is 1. The summed E-state index contributed by atoms with van der Waals surface area (Å²) >= 11 is 0. The van der Waals surface area contributed by atoms with E-state index in [0.717, 1.165) is 11.1 Å². The molecule has 0 fully saturated rings. The van der Waals surface area contributed by atoms with Gasteiger partial charge in [0, 0.05) is 25.3 Å². The van der Waals surface area contributed by atoms with Gasteiger partial charge in [-0.2, -0.15) is 0 Å². The summed E-state index contributed by atoms with van der Waals surface area (Å²) in [4.78, 5) is 0. The Morgan fingerprint density at radius 2 is 2.00 bits per heavy atom. The van der Waals surface area contributed by atoms with E-state index in [1.165, 1.54) is 0 Å². The zero-order valence-electron chi connectivity index (χ0n) is 12.3. The minimum absolute atomic E-state index is 0.0469. The van der Waals surface area contributed by atoms with Crippen molar-refractivity contribution in [2.75, 3.05) is 26.1 Å². The Balaban J connectivity index is 2.64. The van der Waals surface area contributed by atoms with E-state index < -0.39 is 10.0 Å². The van der Waals surface area contributed by atoms with Gasteiger partial charge >= 0.3 is 0 Å². The Bertz CT molecular complexity index is 584. The quantitative estimate of drug-likeness (QED) is 0.583. The standard InChI is InChI=1S/C15H21NO4S/c1-13(16-21(18,19)12-4-11-20-2)15-8-6-14(7-9-15)5-3-10-17/h6-9,13,16-17H,4,10-12H2,1-2H3. The van der Waals surface area contributed by atoms with Gasteiger partial charge in [0.2, 0.25) is 10.0 Å². The van der Waals surface area contributed by atoms with Gasteiger partial charge in [-0.25, -0.2) is 13.1 Å². The van der Waals surface area contributed by atoms with Crippen LogP contribution in [0, 0.1) is 11.8 Å². The number of ether oxygens (including phenoxy) is 1. The molecule has 5 nitrogen and oxygen atoms in total. The first kappa shape index (κ1) is 17.7. The van der Waals surface area contributed by atoms with Gasteiger partial charge in [-0.05, 0) is 31.0 Å². The average Bonchev–Trinajstić information content (AvgIpc) is 2.45. The molecule has 116 valence electrons. The smallest absolute Gasteiger partial charge is 0.212 e. The molecule has 1 unspecified atom stereocenters. The summed E-state index contributed by atoms with van der Waals surface area (Å²) < 4.78 is 31.2. The number of sulfonamides is 1. The summed E-state index contributed by atoms with van der Waals surface area (Å²) in [6.07, 6.45) is 0.467. The van der Waals surface area contributed by atoms with Crippen molar-refractivity contribution in [2.24, 2.45) is 0 Å². The highest BCUT2D eigenvalue weighted by molar-refractivity contribution is 7.89. The zero-order valence-corrected chi connectivity index (χ0v) is 13.1. The van der Waals surface area contributed by atoms with Crippen LogP contribution in [0.4, 0.5) is 0 Å². The lowest BCUT2D eigenvalue weighted by Crippen LogP contribution is -2.29. The maximum atomic E-state index is 11.9. The maximum Gasteiger partial charge on any atom is 0.212 e. The van der Waals surface area contributed by atoms with Crippen molar-refractivity contribution in [3.05, 3.63) is 35.4 Å². The summed E-state index contributed by atoms with van der Waals surface area (Å²) in [5.74, 6) is 5.40. The highest BCUT2D eigenvalue weighted by Crippen LogP contribution is 2.14. The van der Waals surface area contributed by atoms with Crippen LogP contribution in [0.1, 0.15) is 30.5 Å². The van der Waals surface area contributed by atoms with Gasteiger partial charge in [0.25, 0.3) is 0 Å². The van der Waals surface area contributed by atoms with E-state index >= 15 is 0 Å². The third-order valence-electron chi connectivity index (χ3n) is 2.84. The first-order chi connectivity index (χ1) is 9.98. The van der Waals surface area contributed by atoms with E-state index in [0.29, 0.717) is 13.0 Å². The van der Waals surface area contributed by atoms with Crippen molar-refractivity contribution in [2.45, 2.75) is 19.4 Å². The molecule has 0 amide bonds. The van der Waals surface area contributed by atoms with E-state index in [1.807, 2.05) is 12.1 Å². The van der Waals surface area contributed by atoms with Crippen molar-refractivity contribution in [1.82, 2.24) is 4.72 Å². The lowest BCUT2D eigenvalue weighted by molar-refractivity contribution is 0.199. The van der Waals surface area contributed by atoms with Crippen LogP contribution in [-0.4, -0.2) is 39.6 Å². The third kappa shape index (κ3) is 6.74. The summed E-state index contributed by atoms with van der Waals surface area (Å²) in [6, 6.07) is 6.94. The molecule has 1 aromatic rings.